The quantitative estimate of drug-likeness (QED) is 0.811. The largest absolute Gasteiger partial charge is 0.313 e. The highest BCUT2D eigenvalue weighted by Crippen LogP contribution is 2.25. The molecule has 0 bridgehead atoms. The first kappa shape index (κ1) is 15.0. The van der Waals surface area contributed by atoms with Crippen molar-refractivity contribution in [3.8, 4) is 0 Å². The minimum Gasteiger partial charge on any atom is -0.313 e. The number of pyridine rings is 1. The minimum atomic E-state index is 0.464. The van der Waals surface area contributed by atoms with E-state index in [1.54, 1.807) is 0 Å². The summed E-state index contributed by atoms with van der Waals surface area (Å²) in [4.78, 5) is 4.84. The lowest BCUT2D eigenvalue weighted by Gasteiger charge is -2.14. The average Bonchev–Trinajstić information content (AvgIpc) is 2.40. The summed E-state index contributed by atoms with van der Waals surface area (Å²) in [7, 11) is 0. The van der Waals surface area contributed by atoms with Crippen molar-refractivity contribution in [2.75, 3.05) is 6.54 Å². The smallest absolute Gasteiger partial charge is 0.0711 e. The molecule has 0 aliphatic rings. The summed E-state index contributed by atoms with van der Waals surface area (Å²) >= 11 is 0. The molecular formula is C18H26N2. The molecular weight excluding hydrogens is 244 g/mol. The molecule has 0 saturated carbocycles. The first-order valence-corrected chi connectivity index (χ1v) is 7.64. The van der Waals surface area contributed by atoms with Crippen LogP contribution in [0.2, 0.25) is 0 Å². The molecule has 2 aromatic rings. The van der Waals surface area contributed by atoms with E-state index < -0.39 is 0 Å². The SMILES string of the molecule is CCCNCc1cc(C(C)C)nc2cc(C)c(C)cc12. The molecule has 0 radical (unpaired) electrons. The molecule has 1 aromatic heterocycles. The van der Waals surface area contributed by atoms with Gasteiger partial charge in [-0.1, -0.05) is 20.8 Å². The highest BCUT2D eigenvalue weighted by Gasteiger charge is 2.09. The molecule has 0 atom stereocenters. The molecule has 1 heterocycles. The van der Waals surface area contributed by atoms with Crippen LogP contribution in [-0.4, -0.2) is 11.5 Å². The lowest BCUT2D eigenvalue weighted by atomic mass is 9.99. The number of nitrogens with zero attached hydrogens (tertiary/aromatic N) is 1. The fraction of sp³-hybridized carbons (Fsp3) is 0.500. The second-order valence-corrected chi connectivity index (χ2v) is 5.99. The molecule has 0 amide bonds. The third-order valence-corrected chi connectivity index (χ3v) is 3.86. The van der Waals surface area contributed by atoms with Crippen LogP contribution in [0.25, 0.3) is 10.9 Å². The van der Waals surface area contributed by atoms with Crippen LogP contribution < -0.4 is 5.32 Å². The van der Waals surface area contributed by atoms with E-state index in [-0.39, 0.29) is 0 Å². The number of aromatic nitrogens is 1. The molecule has 1 aromatic carbocycles. The first-order chi connectivity index (χ1) is 9.52. The standard InChI is InChI=1S/C18H26N2/c1-6-7-19-11-15-10-17(12(2)3)20-18-9-14(5)13(4)8-16(15)18/h8-10,12,19H,6-7,11H2,1-5H3. The summed E-state index contributed by atoms with van der Waals surface area (Å²) in [5, 5.41) is 4.81. The lowest BCUT2D eigenvalue weighted by molar-refractivity contribution is 0.676. The van der Waals surface area contributed by atoms with Crippen molar-refractivity contribution < 1.29 is 0 Å². The lowest BCUT2D eigenvalue weighted by Crippen LogP contribution is -2.14. The maximum atomic E-state index is 4.84. The molecule has 20 heavy (non-hydrogen) atoms. The van der Waals surface area contributed by atoms with Crippen molar-refractivity contribution in [1.82, 2.24) is 10.3 Å². The van der Waals surface area contributed by atoms with Crippen molar-refractivity contribution in [1.29, 1.82) is 0 Å². The zero-order valence-electron chi connectivity index (χ0n) is 13.4. The van der Waals surface area contributed by atoms with Gasteiger partial charge in [-0.15, -0.1) is 0 Å². The summed E-state index contributed by atoms with van der Waals surface area (Å²) in [5.41, 5.74) is 6.35. The Bertz CT molecular complexity index is 600. The Balaban J connectivity index is 2.52. The number of benzene rings is 1. The Kier molecular flexibility index (Phi) is 4.77. The number of hydrogen-bond donors (Lipinski definition) is 1. The van der Waals surface area contributed by atoms with E-state index in [0.717, 1.165) is 25.0 Å². The Morgan fingerprint density at radius 3 is 2.45 bits per heavy atom. The molecule has 0 fully saturated rings. The molecule has 0 aliphatic heterocycles. The zero-order valence-corrected chi connectivity index (χ0v) is 13.4. The van der Waals surface area contributed by atoms with E-state index in [4.69, 9.17) is 4.98 Å². The van der Waals surface area contributed by atoms with E-state index in [2.05, 4.69) is 58.1 Å². The molecule has 2 heteroatoms. The van der Waals surface area contributed by atoms with Gasteiger partial charge in [0.1, 0.15) is 0 Å². The maximum absolute atomic E-state index is 4.84. The molecule has 0 saturated heterocycles. The molecule has 1 N–H and O–H groups in total. The summed E-state index contributed by atoms with van der Waals surface area (Å²) in [6.07, 6.45) is 1.16. The summed E-state index contributed by atoms with van der Waals surface area (Å²) < 4.78 is 0. The summed E-state index contributed by atoms with van der Waals surface area (Å²) in [6, 6.07) is 6.77. The van der Waals surface area contributed by atoms with Gasteiger partial charge in [-0.25, -0.2) is 0 Å². The van der Waals surface area contributed by atoms with Gasteiger partial charge >= 0.3 is 0 Å². The number of nitrogens with one attached hydrogen (secondary N) is 1. The van der Waals surface area contributed by atoms with Crippen molar-refractivity contribution in [3.63, 3.8) is 0 Å². The Morgan fingerprint density at radius 2 is 1.80 bits per heavy atom. The normalized spacial score (nSPS) is 11.5. The van der Waals surface area contributed by atoms with Crippen LogP contribution in [0.15, 0.2) is 18.2 Å². The molecule has 0 unspecified atom stereocenters. The van der Waals surface area contributed by atoms with Crippen molar-refractivity contribution in [3.05, 3.63) is 40.6 Å². The summed E-state index contributed by atoms with van der Waals surface area (Å²) in [6.45, 7) is 12.9. The number of rotatable bonds is 5. The zero-order chi connectivity index (χ0) is 14.7. The van der Waals surface area contributed by atoms with E-state index in [0.29, 0.717) is 5.92 Å². The van der Waals surface area contributed by atoms with Crippen molar-refractivity contribution in [2.45, 2.75) is 53.5 Å². The predicted molar refractivity (Wildman–Crippen MR) is 87.3 cm³/mol. The van der Waals surface area contributed by atoms with Gasteiger partial charge in [0.05, 0.1) is 5.52 Å². The first-order valence-electron chi connectivity index (χ1n) is 7.64. The predicted octanol–water partition coefficient (Wildman–Crippen LogP) is 4.47. The van der Waals surface area contributed by atoms with Gasteiger partial charge in [-0.05, 0) is 67.6 Å². The second-order valence-electron chi connectivity index (χ2n) is 5.99. The fourth-order valence-electron chi connectivity index (χ4n) is 2.42. The van der Waals surface area contributed by atoms with Crippen LogP contribution >= 0.6 is 0 Å². The van der Waals surface area contributed by atoms with Gasteiger partial charge in [0.15, 0.2) is 0 Å². The van der Waals surface area contributed by atoms with Gasteiger partial charge in [0.2, 0.25) is 0 Å². The molecule has 0 aliphatic carbocycles. The van der Waals surface area contributed by atoms with Gasteiger partial charge in [-0.2, -0.15) is 0 Å². The molecule has 2 rings (SSSR count). The van der Waals surface area contributed by atoms with Gasteiger partial charge in [-0.3, -0.25) is 4.98 Å². The highest BCUT2D eigenvalue weighted by atomic mass is 14.8. The van der Waals surface area contributed by atoms with Crippen LogP contribution in [0.1, 0.15) is 55.5 Å². The third-order valence-electron chi connectivity index (χ3n) is 3.86. The Labute approximate surface area is 122 Å². The Morgan fingerprint density at radius 1 is 1.10 bits per heavy atom. The van der Waals surface area contributed by atoms with Crippen molar-refractivity contribution >= 4 is 10.9 Å². The summed E-state index contributed by atoms with van der Waals surface area (Å²) in [5.74, 6) is 0.464. The van der Waals surface area contributed by atoms with Crippen LogP contribution in [0, 0.1) is 13.8 Å². The van der Waals surface area contributed by atoms with Gasteiger partial charge in [0, 0.05) is 17.6 Å². The van der Waals surface area contributed by atoms with E-state index >= 15 is 0 Å². The van der Waals surface area contributed by atoms with Crippen LogP contribution in [0.5, 0.6) is 0 Å². The monoisotopic (exact) mass is 270 g/mol. The Hall–Kier alpha value is -1.41. The van der Waals surface area contributed by atoms with Gasteiger partial charge < -0.3 is 5.32 Å². The number of hydrogen-bond acceptors (Lipinski definition) is 2. The third kappa shape index (κ3) is 3.18. The topological polar surface area (TPSA) is 24.9 Å². The van der Waals surface area contributed by atoms with E-state index in [9.17, 15) is 0 Å². The minimum absolute atomic E-state index is 0.464. The van der Waals surface area contributed by atoms with Crippen LogP contribution in [0.3, 0.4) is 0 Å². The maximum Gasteiger partial charge on any atom is 0.0711 e. The molecule has 2 nitrogen and oxygen atoms in total. The average molecular weight is 270 g/mol. The second kappa shape index (κ2) is 6.36. The highest BCUT2D eigenvalue weighted by molar-refractivity contribution is 5.84. The molecule has 108 valence electrons. The van der Waals surface area contributed by atoms with Crippen LogP contribution in [0.4, 0.5) is 0 Å². The van der Waals surface area contributed by atoms with Crippen LogP contribution in [-0.2, 0) is 6.54 Å². The fourth-order valence-corrected chi connectivity index (χ4v) is 2.42. The number of fused-ring (bicyclic) bond motifs is 1. The van der Waals surface area contributed by atoms with E-state index in [1.807, 2.05) is 0 Å². The molecule has 0 spiro atoms. The van der Waals surface area contributed by atoms with E-state index in [1.165, 1.54) is 27.8 Å². The number of aryl methyl sites for hydroxylation is 2. The van der Waals surface area contributed by atoms with Gasteiger partial charge in [0.25, 0.3) is 0 Å². The van der Waals surface area contributed by atoms with Crippen molar-refractivity contribution in [2.24, 2.45) is 0 Å².